The van der Waals surface area contributed by atoms with Crippen molar-refractivity contribution in [3.05, 3.63) is 64.2 Å². The summed E-state index contributed by atoms with van der Waals surface area (Å²) in [5, 5.41) is 21.4. The third-order valence-corrected chi connectivity index (χ3v) is 5.58. The van der Waals surface area contributed by atoms with Crippen molar-refractivity contribution in [2.75, 3.05) is 33.8 Å². The number of rotatable bonds is 7. The minimum absolute atomic E-state index is 0.0321. The van der Waals surface area contributed by atoms with Gasteiger partial charge in [-0.05, 0) is 64.2 Å². The molecule has 1 heterocycles. The van der Waals surface area contributed by atoms with Crippen LogP contribution in [0.1, 0.15) is 35.2 Å². The van der Waals surface area contributed by atoms with Crippen LogP contribution in [0.4, 0.5) is 0 Å². The van der Waals surface area contributed by atoms with E-state index in [0.717, 1.165) is 11.1 Å². The van der Waals surface area contributed by atoms with Crippen LogP contribution < -0.4 is 4.74 Å². The number of carbonyl (C=O) groups is 2. The SMILES string of the molecule is CCOc1cc(C2C(=C(O)c3cc(C)ccc3C)C(=O)C(=O)N2CCN(C)C)ccc1O. The number of nitrogens with zero attached hydrogens (tertiary/aromatic N) is 2. The van der Waals surface area contributed by atoms with Crippen molar-refractivity contribution in [2.45, 2.75) is 26.8 Å². The largest absolute Gasteiger partial charge is 0.507 e. The van der Waals surface area contributed by atoms with E-state index in [1.54, 1.807) is 25.1 Å². The summed E-state index contributed by atoms with van der Waals surface area (Å²) in [5.41, 5.74) is 2.86. The smallest absolute Gasteiger partial charge is 0.295 e. The Hall–Kier alpha value is -3.32. The zero-order valence-corrected chi connectivity index (χ0v) is 19.2. The Kier molecular flexibility index (Phi) is 6.89. The predicted molar refractivity (Wildman–Crippen MR) is 123 cm³/mol. The van der Waals surface area contributed by atoms with Gasteiger partial charge in [-0.15, -0.1) is 0 Å². The Balaban J connectivity index is 2.22. The summed E-state index contributed by atoms with van der Waals surface area (Å²) in [6, 6.07) is 9.54. The Morgan fingerprint density at radius 2 is 1.84 bits per heavy atom. The molecule has 32 heavy (non-hydrogen) atoms. The van der Waals surface area contributed by atoms with E-state index in [1.807, 2.05) is 45.0 Å². The highest BCUT2D eigenvalue weighted by molar-refractivity contribution is 6.46. The number of carbonyl (C=O) groups excluding carboxylic acids is 2. The topological polar surface area (TPSA) is 90.3 Å². The summed E-state index contributed by atoms with van der Waals surface area (Å²) < 4.78 is 5.51. The molecular formula is C25H30N2O5. The molecule has 1 aliphatic rings. The fourth-order valence-corrected chi connectivity index (χ4v) is 3.87. The molecule has 0 aliphatic carbocycles. The van der Waals surface area contributed by atoms with Crippen LogP contribution in [0.3, 0.4) is 0 Å². The number of aliphatic hydroxyl groups excluding tert-OH is 1. The molecule has 1 saturated heterocycles. The van der Waals surface area contributed by atoms with Crippen molar-refractivity contribution in [1.82, 2.24) is 9.80 Å². The minimum Gasteiger partial charge on any atom is -0.507 e. The van der Waals surface area contributed by atoms with Gasteiger partial charge in [-0.2, -0.15) is 0 Å². The van der Waals surface area contributed by atoms with Gasteiger partial charge >= 0.3 is 0 Å². The Morgan fingerprint density at radius 3 is 2.50 bits per heavy atom. The van der Waals surface area contributed by atoms with E-state index in [0.29, 0.717) is 30.8 Å². The summed E-state index contributed by atoms with van der Waals surface area (Å²) in [6.45, 7) is 6.74. The van der Waals surface area contributed by atoms with Crippen LogP contribution in [0.15, 0.2) is 42.0 Å². The Labute approximate surface area is 188 Å². The molecule has 1 fully saturated rings. The zero-order valence-electron chi connectivity index (χ0n) is 19.2. The van der Waals surface area contributed by atoms with Gasteiger partial charge in [0.25, 0.3) is 11.7 Å². The van der Waals surface area contributed by atoms with Crippen molar-refractivity contribution in [2.24, 2.45) is 0 Å². The summed E-state index contributed by atoms with van der Waals surface area (Å²) in [5.74, 6) is -1.36. The first-order chi connectivity index (χ1) is 15.1. The molecule has 2 aromatic rings. The molecule has 3 rings (SSSR count). The highest BCUT2D eigenvalue weighted by atomic mass is 16.5. The highest BCUT2D eigenvalue weighted by Crippen LogP contribution is 2.42. The van der Waals surface area contributed by atoms with Gasteiger partial charge in [0.05, 0.1) is 18.2 Å². The van der Waals surface area contributed by atoms with Gasteiger partial charge < -0.3 is 24.7 Å². The summed E-state index contributed by atoms with van der Waals surface area (Å²) in [4.78, 5) is 29.5. The normalized spacial score (nSPS) is 17.9. The van der Waals surface area contributed by atoms with Gasteiger partial charge in [0.15, 0.2) is 11.5 Å². The van der Waals surface area contributed by atoms with Crippen LogP contribution in [0.2, 0.25) is 0 Å². The van der Waals surface area contributed by atoms with Crippen LogP contribution in [0.25, 0.3) is 5.76 Å². The van der Waals surface area contributed by atoms with E-state index in [2.05, 4.69) is 0 Å². The van der Waals surface area contributed by atoms with Crippen LogP contribution in [-0.2, 0) is 9.59 Å². The molecule has 2 aromatic carbocycles. The lowest BCUT2D eigenvalue weighted by Gasteiger charge is -2.27. The molecule has 0 bridgehead atoms. The van der Waals surface area contributed by atoms with E-state index >= 15 is 0 Å². The molecule has 0 aromatic heterocycles. The second kappa shape index (κ2) is 9.44. The quantitative estimate of drug-likeness (QED) is 0.391. The first kappa shape index (κ1) is 23.3. The maximum atomic E-state index is 13.1. The molecule has 170 valence electrons. The Morgan fingerprint density at radius 1 is 1.12 bits per heavy atom. The van der Waals surface area contributed by atoms with Crippen LogP contribution in [0.5, 0.6) is 11.5 Å². The van der Waals surface area contributed by atoms with Gasteiger partial charge in [0.1, 0.15) is 5.76 Å². The number of hydrogen-bond donors (Lipinski definition) is 2. The van der Waals surface area contributed by atoms with Crippen LogP contribution in [-0.4, -0.2) is 65.5 Å². The maximum absolute atomic E-state index is 13.1. The number of aromatic hydroxyl groups is 1. The number of benzene rings is 2. The molecule has 1 atom stereocenters. The lowest BCUT2D eigenvalue weighted by molar-refractivity contribution is -0.140. The van der Waals surface area contributed by atoms with E-state index in [1.165, 1.54) is 11.0 Å². The number of ether oxygens (including phenoxy) is 1. The standard InChI is InChI=1S/C25H30N2O5/c1-6-32-20-14-17(9-10-19(20)28)22-21(23(29)18-13-15(2)7-8-16(18)3)24(30)25(31)27(22)12-11-26(4)5/h7-10,13-14,22,28-29H,6,11-12H2,1-5H3. The Bertz CT molecular complexity index is 1070. The van der Waals surface area contributed by atoms with Crippen molar-refractivity contribution in [1.29, 1.82) is 0 Å². The number of Topliss-reactive ketones (excluding diaryl/α,β-unsaturated/α-hetero) is 1. The number of phenols is 1. The van der Waals surface area contributed by atoms with Crippen molar-refractivity contribution in [3.8, 4) is 11.5 Å². The number of phenolic OH excluding ortho intramolecular Hbond substituents is 1. The fraction of sp³-hybridized carbons (Fsp3) is 0.360. The zero-order chi connectivity index (χ0) is 23.6. The number of aliphatic hydroxyl groups is 1. The summed E-state index contributed by atoms with van der Waals surface area (Å²) >= 11 is 0. The third-order valence-electron chi connectivity index (χ3n) is 5.58. The molecular weight excluding hydrogens is 408 g/mol. The number of amides is 1. The van der Waals surface area contributed by atoms with E-state index < -0.39 is 17.7 Å². The van der Waals surface area contributed by atoms with E-state index in [4.69, 9.17) is 4.74 Å². The molecule has 0 radical (unpaired) electrons. The molecule has 7 heteroatoms. The van der Waals surface area contributed by atoms with Gasteiger partial charge in [-0.1, -0.05) is 23.8 Å². The van der Waals surface area contributed by atoms with E-state index in [-0.39, 0.29) is 22.8 Å². The molecule has 1 amide bonds. The lowest BCUT2D eigenvalue weighted by atomic mass is 9.93. The molecule has 1 unspecified atom stereocenters. The molecule has 7 nitrogen and oxygen atoms in total. The van der Waals surface area contributed by atoms with Crippen molar-refractivity contribution in [3.63, 3.8) is 0 Å². The molecule has 1 aliphatic heterocycles. The van der Waals surface area contributed by atoms with Crippen molar-refractivity contribution < 1.29 is 24.5 Å². The highest BCUT2D eigenvalue weighted by Gasteiger charge is 2.46. The average molecular weight is 439 g/mol. The maximum Gasteiger partial charge on any atom is 0.295 e. The number of likely N-dealkylation sites (N-methyl/N-ethyl adjacent to an activating group) is 1. The summed E-state index contributed by atoms with van der Waals surface area (Å²) in [7, 11) is 3.77. The minimum atomic E-state index is -0.797. The monoisotopic (exact) mass is 438 g/mol. The predicted octanol–water partition coefficient (Wildman–Crippen LogP) is 3.39. The van der Waals surface area contributed by atoms with Gasteiger partial charge in [-0.3, -0.25) is 9.59 Å². The fourth-order valence-electron chi connectivity index (χ4n) is 3.87. The third kappa shape index (κ3) is 4.48. The molecule has 0 spiro atoms. The second-order valence-electron chi connectivity index (χ2n) is 8.27. The number of ketones is 1. The first-order valence-corrected chi connectivity index (χ1v) is 10.6. The van der Waals surface area contributed by atoms with Gasteiger partial charge in [0.2, 0.25) is 0 Å². The lowest BCUT2D eigenvalue weighted by Crippen LogP contribution is -2.35. The molecule has 2 N–H and O–H groups in total. The van der Waals surface area contributed by atoms with Gasteiger partial charge in [-0.25, -0.2) is 0 Å². The number of hydrogen-bond acceptors (Lipinski definition) is 6. The summed E-state index contributed by atoms with van der Waals surface area (Å²) in [6.07, 6.45) is 0. The van der Waals surface area contributed by atoms with Crippen LogP contribution >= 0.6 is 0 Å². The number of likely N-dealkylation sites (tertiary alicyclic amines) is 1. The van der Waals surface area contributed by atoms with Crippen molar-refractivity contribution >= 4 is 17.4 Å². The van der Waals surface area contributed by atoms with E-state index in [9.17, 15) is 19.8 Å². The van der Waals surface area contributed by atoms with Crippen LogP contribution in [0, 0.1) is 13.8 Å². The average Bonchev–Trinajstić information content (AvgIpc) is 3.00. The van der Waals surface area contributed by atoms with Gasteiger partial charge in [0, 0.05) is 18.7 Å². The first-order valence-electron chi connectivity index (χ1n) is 10.6. The molecule has 0 saturated carbocycles. The second-order valence-corrected chi connectivity index (χ2v) is 8.27. The number of aryl methyl sites for hydroxylation is 2.